The Balaban J connectivity index is 1.58. The molecule has 96 valence electrons. The first kappa shape index (κ1) is 10.8. The van der Waals surface area contributed by atoms with E-state index in [0.717, 1.165) is 17.8 Å². The van der Waals surface area contributed by atoms with Gasteiger partial charge in [0.25, 0.3) is 0 Å². The zero-order valence-electron chi connectivity index (χ0n) is 10.8. The third-order valence-electron chi connectivity index (χ3n) is 5.62. The maximum atomic E-state index is 12.7. The van der Waals surface area contributed by atoms with E-state index in [9.17, 15) is 4.79 Å². The molecule has 18 heavy (non-hydrogen) atoms. The first-order valence-electron chi connectivity index (χ1n) is 7.38. The Hall–Kier alpha value is -1.05. The van der Waals surface area contributed by atoms with Crippen molar-refractivity contribution in [1.29, 1.82) is 0 Å². The van der Waals surface area contributed by atoms with Gasteiger partial charge in [-0.3, -0.25) is 4.79 Å². The molecule has 0 radical (unpaired) electrons. The van der Waals surface area contributed by atoms with Crippen LogP contribution in [0.4, 0.5) is 0 Å². The average Bonchev–Trinajstić information content (AvgIpc) is 2.79. The van der Waals surface area contributed by atoms with E-state index in [1.54, 1.807) is 0 Å². The highest BCUT2D eigenvalue weighted by molar-refractivity contribution is 5.85. The largest absolute Gasteiger partial charge is 0.347 e. The summed E-state index contributed by atoms with van der Waals surface area (Å²) in [6.45, 7) is 0.596. The van der Waals surface area contributed by atoms with Crippen molar-refractivity contribution >= 4 is 5.78 Å². The monoisotopic (exact) mass is 243 g/mol. The Morgan fingerprint density at radius 1 is 1.00 bits per heavy atom. The summed E-state index contributed by atoms with van der Waals surface area (Å²) in [6.07, 6.45) is 11.8. The van der Waals surface area contributed by atoms with Gasteiger partial charge in [-0.05, 0) is 68.4 Å². The molecule has 1 aromatic rings. The lowest BCUT2D eigenvalue weighted by Crippen LogP contribution is -2.50. The minimum atomic E-state index is 0.0685. The normalized spacial score (nSPS) is 41.2. The van der Waals surface area contributed by atoms with Crippen LogP contribution in [0.1, 0.15) is 38.5 Å². The average molecular weight is 243 g/mol. The lowest BCUT2D eigenvalue weighted by molar-refractivity contribution is -0.144. The fraction of sp³-hybridized carbons (Fsp3) is 0.688. The van der Waals surface area contributed by atoms with Crippen molar-refractivity contribution in [2.75, 3.05) is 0 Å². The molecule has 1 aromatic heterocycles. The maximum Gasteiger partial charge on any atom is 0.158 e. The number of hydrogen-bond acceptors (Lipinski definition) is 1. The van der Waals surface area contributed by atoms with Crippen LogP contribution in [-0.2, 0) is 11.3 Å². The molecular formula is C16H21NO. The summed E-state index contributed by atoms with van der Waals surface area (Å²) in [7, 11) is 0. The van der Waals surface area contributed by atoms with Crippen LogP contribution in [0, 0.1) is 23.2 Å². The summed E-state index contributed by atoms with van der Waals surface area (Å²) in [5.74, 6) is 3.11. The van der Waals surface area contributed by atoms with Gasteiger partial charge in [-0.2, -0.15) is 0 Å². The van der Waals surface area contributed by atoms with Crippen molar-refractivity contribution in [3.05, 3.63) is 24.5 Å². The fourth-order valence-corrected chi connectivity index (χ4v) is 5.26. The fourth-order valence-electron chi connectivity index (χ4n) is 5.26. The third kappa shape index (κ3) is 1.58. The van der Waals surface area contributed by atoms with Gasteiger partial charge in [0.05, 0.1) is 6.54 Å². The van der Waals surface area contributed by atoms with E-state index in [1.807, 2.05) is 29.1 Å². The number of carbonyl (C=O) groups is 1. The minimum absolute atomic E-state index is 0.0685. The molecular weight excluding hydrogens is 222 g/mol. The van der Waals surface area contributed by atoms with Crippen molar-refractivity contribution in [3.63, 3.8) is 0 Å². The van der Waals surface area contributed by atoms with Gasteiger partial charge in [0.2, 0.25) is 0 Å². The third-order valence-corrected chi connectivity index (χ3v) is 5.62. The molecule has 4 fully saturated rings. The van der Waals surface area contributed by atoms with E-state index in [0.29, 0.717) is 12.3 Å². The number of hydrogen-bond donors (Lipinski definition) is 0. The number of nitrogens with zero attached hydrogens (tertiary/aromatic N) is 1. The van der Waals surface area contributed by atoms with Gasteiger partial charge in [-0.15, -0.1) is 0 Å². The molecule has 0 saturated heterocycles. The van der Waals surface area contributed by atoms with Crippen LogP contribution in [0.25, 0.3) is 0 Å². The summed E-state index contributed by atoms with van der Waals surface area (Å²) < 4.78 is 2.04. The Bertz CT molecular complexity index is 424. The molecule has 0 amide bonds. The number of carbonyl (C=O) groups excluding carboxylic acids is 1. The molecule has 2 heteroatoms. The second-order valence-corrected chi connectivity index (χ2v) is 6.98. The van der Waals surface area contributed by atoms with Gasteiger partial charge in [0.15, 0.2) is 5.78 Å². The van der Waals surface area contributed by atoms with E-state index < -0.39 is 0 Å². The second-order valence-electron chi connectivity index (χ2n) is 6.98. The predicted molar refractivity (Wildman–Crippen MR) is 70.0 cm³/mol. The molecule has 0 N–H and O–H groups in total. The van der Waals surface area contributed by atoms with Gasteiger partial charge in [0.1, 0.15) is 0 Å². The van der Waals surface area contributed by atoms with Gasteiger partial charge < -0.3 is 4.57 Å². The van der Waals surface area contributed by atoms with Crippen molar-refractivity contribution < 1.29 is 4.79 Å². The number of Topliss-reactive ketones (excluding diaryl/α,β-unsaturated/α-hetero) is 1. The zero-order chi connectivity index (χ0) is 12.2. The first-order valence-corrected chi connectivity index (χ1v) is 7.38. The second kappa shape index (κ2) is 3.72. The van der Waals surface area contributed by atoms with E-state index in [4.69, 9.17) is 0 Å². The highest BCUT2D eigenvalue weighted by Gasteiger charge is 2.54. The standard InChI is InChI=1S/C16H21NO/c18-15(11-17-3-1-2-4-17)16-8-12-5-13(9-16)7-14(6-12)10-16/h1-4,12-14H,5-11H2. The molecule has 4 bridgehead atoms. The molecule has 0 unspecified atom stereocenters. The maximum absolute atomic E-state index is 12.7. The summed E-state index contributed by atoms with van der Waals surface area (Å²) in [4.78, 5) is 12.7. The van der Waals surface area contributed by atoms with Gasteiger partial charge in [-0.25, -0.2) is 0 Å². The lowest BCUT2D eigenvalue weighted by atomic mass is 9.48. The van der Waals surface area contributed by atoms with Crippen LogP contribution in [0.15, 0.2) is 24.5 Å². The Morgan fingerprint density at radius 2 is 1.50 bits per heavy atom. The molecule has 0 aromatic carbocycles. The van der Waals surface area contributed by atoms with Crippen molar-refractivity contribution in [2.24, 2.45) is 23.2 Å². The van der Waals surface area contributed by atoms with Crippen LogP contribution >= 0.6 is 0 Å². The molecule has 0 spiro atoms. The highest BCUT2D eigenvalue weighted by atomic mass is 16.1. The van der Waals surface area contributed by atoms with Gasteiger partial charge in [-0.1, -0.05) is 0 Å². The van der Waals surface area contributed by atoms with Crippen molar-refractivity contribution in [1.82, 2.24) is 4.57 Å². The molecule has 4 aliphatic rings. The van der Waals surface area contributed by atoms with Gasteiger partial charge >= 0.3 is 0 Å². The predicted octanol–water partition coefficient (Wildman–Crippen LogP) is 3.27. The molecule has 5 rings (SSSR count). The number of aromatic nitrogens is 1. The Labute approximate surface area is 108 Å². The van der Waals surface area contributed by atoms with E-state index in [1.165, 1.54) is 38.5 Å². The van der Waals surface area contributed by atoms with Crippen molar-refractivity contribution in [3.8, 4) is 0 Å². The molecule has 2 nitrogen and oxygen atoms in total. The van der Waals surface area contributed by atoms with Crippen LogP contribution in [0.3, 0.4) is 0 Å². The van der Waals surface area contributed by atoms with Crippen LogP contribution in [0.2, 0.25) is 0 Å². The Morgan fingerprint density at radius 3 is 2.00 bits per heavy atom. The topological polar surface area (TPSA) is 22.0 Å². The summed E-state index contributed by atoms with van der Waals surface area (Å²) in [6, 6.07) is 4.01. The highest BCUT2D eigenvalue weighted by Crippen LogP contribution is 2.60. The number of rotatable bonds is 3. The molecule has 1 heterocycles. The number of ketones is 1. The van der Waals surface area contributed by atoms with Crippen LogP contribution < -0.4 is 0 Å². The van der Waals surface area contributed by atoms with E-state index in [2.05, 4.69) is 0 Å². The molecule has 4 saturated carbocycles. The smallest absolute Gasteiger partial charge is 0.158 e. The molecule has 4 aliphatic carbocycles. The summed E-state index contributed by atoms with van der Waals surface area (Å²) in [5.41, 5.74) is 0.0685. The summed E-state index contributed by atoms with van der Waals surface area (Å²) in [5, 5.41) is 0. The van der Waals surface area contributed by atoms with Gasteiger partial charge in [0, 0.05) is 17.8 Å². The molecule has 0 aliphatic heterocycles. The zero-order valence-corrected chi connectivity index (χ0v) is 10.8. The summed E-state index contributed by atoms with van der Waals surface area (Å²) >= 11 is 0. The van der Waals surface area contributed by atoms with E-state index in [-0.39, 0.29) is 5.41 Å². The molecule has 0 atom stereocenters. The SMILES string of the molecule is O=C(Cn1cccc1)C12CC3CC(CC(C3)C1)C2. The van der Waals surface area contributed by atoms with Crippen LogP contribution in [-0.4, -0.2) is 10.4 Å². The lowest BCUT2D eigenvalue weighted by Gasteiger charge is -2.56. The van der Waals surface area contributed by atoms with Crippen LogP contribution in [0.5, 0.6) is 0 Å². The Kier molecular flexibility index (Phi) is 2.24. The minimum Gasteiger partial charge on any atom is -0.347 e. The quantitative estimate of drug-likeness (QED) is 0.798. The van der Waals surface area contributed by atoms with Crippen molar-refractivity contribution in [2.45, 2.75) is 45.1 Å². The first-order chi connectivity index (χ1) is 8.73. The van der Waals surface area contributed by atoms with E-state index >= 15 is 0 Å².